The maximum atomic E-state index is 14.1. The van der Waals surface area contributed by atoms with Crippen LogP contribution in [-0.4, -0.2) is 40.1 Å². The van der Waals surface area contributed by atoms with E-state index in [1.54, 1.807) is 18.3 Å². The molecule has 3 aromatic rings. The number of pyridine rings is 1. The first-order chi connectivity index (χ1) is 14.9. The van der Waals surface area contributed by atoms with E-state index in [1.807, 2.05) is 6.92 Å². The van der Waals surface area contributed by atoms with Crippen LogP contribution in [0.15, 0.2) is 35.4 Å². The van der Waals surface area contributed by atoms with Gasteiger partial charge in [-0.2, -0.15) is 4.98 Å². The van der Waals surface area contributed by atoms with Crippen molar-refractivity contribution in [3.8, 4) is 6.01 Å². The van der Waals surface area contributed by atoms with Crippen LogP contribution in [0.4, 0.5) is 15.8 Å². The highest BCUT2D eigenvalue weighted by molar-refractivity contribution is 6.13. The summed E-state index contributed by atoms with van der Waals surface area (Å²) in [6, 6.07) is 4.39. The standard InChI is InChI=1S/C21H23FN6O3/c1-11(23)8-24-17-6-5-14(18-15(17)9-25-21(27-18)31-2)19(29)26-12-7-16(22)20(30)28(10-12)13-3-4-13/h5-7,9-11,13,24H,3-4,8,23H2,1-2H3,(H,26,29)/t11-/m0/s1. The molecule has 1 atom stereocenters. The molecule has 0 saturated heterocycles. The van der Waals surface area contributed by atoms with E-state index in [2.05, 4.69) is 20.6 Å². The number of ether oxygens (including phenoxy) is 1. The van der Waals surface area contributed by atoms with Crippen LogP contribution in [-0.2, 0) is 0 Å². The number of amides is 1. The minimum Gasteiger partial charge on any atom is -0.467 e. The maximum absolute atomic E-state index is 14.1. The van der Waals surface area contributed by atoms with Gasteiger partial charge in [-0.3, -0.25) is 9.59 Å². The molecule has 1 saturated carbocycles. The summed E-state index contributed by atoms with van der Waals surface area (Å²) in [6.45, 7) is 2.39. The average molecular weight is 426 g/mol. The lowest BCUT2D eigenvalue weighted by Gasteiger charge is -2.14. The number of nitrogens with two attached hydrogens (primary N) is 1. The fourth-order valence-electron chi connectivity index (χ4n) is 3.27. The van der Waals surface area contributed by atoms with Gasteiger partial charge >= 0.3 is 6.01 Å². The van der Waals surface area contributed by atoms with Crippen molar-refractivity contribution in [2.45, 2.75) is 31.8 Å². The van der Waals surface area contributed by atoms with Gasteiger partial charge in [-0.05, 0) is 31.9 Å². The second-order valence-corrected chi connectivity index (χ2v) is 7.61. The largest absolute Gasteiger partial charge is 0.467 e. The summed E-state index contributed by atoms with van der Waals surface area (Å²) < 4.78 is 20.5. The van der Waals surface area contributed by atoms with Crippen molar-refractivity contribution in [1.29, 1.82) is 0 Å². The number of hydrogen-bond acceptors (Lipinski definition) is 7. The molecule has 10 heteroatoms. The van der Waals surface area contributed by atoms with Crippen LogP contribution in [0.1, 0.15) is 36.2 Å². The fraction of sp³-hybridized carbons (Fsp3) is 0.333. The van der Waals surface area contributed by atoms with E-state index in [9.17, 15) is 14.0 Å². The Morgan fingerprint density at radius 2 is 2.19 bits per heavy atom. The highest BCUT2D eigenvalue weighted by atomic mass is 19.1. The van der Waals surface area contributed by atoms with Crippen molar-refractivity contribution in [2.24, 2.45) is 5.73 Å². The third-order valence-corrected chi connectivity index (χ3v) is 4.97. The molecule has 0 radical (unpaired) electrons. The van der Waals surface area contributed by atoms with Crippen LogP contribution in [0, 0.1) is 5.82 Å². The second kappa shape index (κ2) is 8.31. The van der Waals surface area contributed by atoms with Crippen molar-refractivity contribution < 1.29 is 13.9 Å². The minimum absolute atomic E-state index is 0.0213. The van der Waals surface area contributed by atoms with Crippen molar-refractivity contribution in [3.05, 3.63) is 52.3 Å². The Morgan fingerprint density at radius 1 is 1.42 bits per heavy atom. The van der Waals surface area contributed by atoms with Crippen LogP contribution >= 0.6 is 0 Å². The van der Waals surface area contributed by atoms with Crippen LogP contribution in [0.5, 0.6) is 6.01 Å². The predicted octanol–water partition coefficient (Wildman–Crippen LogP) is 2.29. The van der Waals surface area contributed by atoms with Gasteiger partial charge in [-0.15, -0.1) is 0 Å². The first-order valence-corrected chi connectivity index (χ1v) is 9.93. The Bertz CT molecular complexity index is 1210. The number of aromatic nitrogens is 3. The molecule has 1 fully saturated rings. The van der Waals surface area contributed by atoms with Gasteiger partial charge in [-0.25, -0.2) is 9.37 Å². The Labute approximate surface area is 177 Å². The van der Waals surface area contributed by atoms with E-state index in [-0.39, 0.29) is 29.3 Å². The lowest BCUT2D eigenvalue weighted by atomic mass is 10.1. The second-order valence-electron chi connectivity index (χ2n) is 7.61. The highest BCUT2D eigenvalue weighted by Gasteiger charge is 2.26. The molecule has 1 aromatic carbocycles. The minimum atomic E-state index is -0.908. The van der Waals surface area contributed by atoms with Gasteiger partial charge in [0.25, 0.3) is 11.5 Å². The van der Waals surface area contributed by atoms with E-state index in [1.165, 1.54) is 17.9 Å². The first-order valence-electron chi connectivity index (χ1n) is 9.93. The van der Waals surface area contributed by atoms with Crippen LogP contribution < -0.4 is 26.7 Å². The number of anilines is 2. The van der Waals surface area contributed by atoms with Crippen LogP contribution in [0.25, 0.3) is 10.9 Å². The number of nitrogens with zero attached hydrogens (tertiary/aromatic N) is 3. The lowest BCUT2D eigenvalue weighted by Crippen LogP contribution is -2.25. The molecule has 0 unspecified atom stereocenters. The topological polar surface area (TPSA) is 124 Å². The molecule has 1 aliphatic rings. The number of nitrogens with one attached hydrogen (secondary N) is 2. The number of hydrogen-bond donors (Lipinski definition) is 3. The van der Waals surface area contributed by atoms with E-state index in [0.717, 1.165) is 24.6 Å². The van der Waals surface area contributed by atoms with Crippen molar-refractivity contribution >= 4 is 28.2 Å². The molecular formula is C21H23FN6O3. The summed E-state index contributed by atoms with van der Waals surface area (Å²) in [7, 11) is 1.43. The fourth-order valence-corrected chi connectivity index (χ4v) is 3.27. The molecule has 2 aromatic heterocycles. The van der Waals surface area contributed by atoms with Crippen LogP contribution in [0.2, 0.25) is 0 Å². The van der Waals surface area contributed by atoms with E-state index < -0.39 is 17.3 Å². The molecule has 0 bridgehead atoms. The molecule has 31 heavy (non-hydrogen) atoms. The van der Waals surface area contributed by atoms with E-state index in [0.29, 0.717) is 17.4 Å². The molecule has 1 amide bonds. The number of benzene rings is 1. The lowest BCUT2D eigenvalue weighted by molar-refractivity contribution is 0.102. The maximum Gasteiger partial charge on any atom is 0.316 e. The van der Waals surface area contributed by atoms with Crippen molar-refractivity contribution in [1.82, 2.24) is 14.5 Å². The molecule has 162 valence electrons. The van der Waals surface area contributed by atoms with Crippen LogP contribution in [0.3, 0.4) is 0 Å². The number of halogens is 1. The number of carbonyl (C=O) groups excluding carboxylic acids is 1. The Hall–Kier alpha value is -3.53. The SMILES string of the molecule is COc1ncc2c(NC[C@H](C)N)ccc(C(=O)Nc3cc(F)c(=O)n(C4CC4)c3)c2n1. The molecular weight excluding hydrogens is 403 g/mol. The van der Waals surface area contributed by atoms with Gasteiger partial charge in [0.2, 0.25) is 0 Å². The van der Waals surface area contributed by atoms with Gasteiger partial charge in [-0.1, -0.05) is 0 Å². The smallest absolute Gasteiger partial charge is 0.316 e. The van der Waals surface area contributed by atoms with E-state index >= 15 is 0 Å². The molecule has 1 aliphatic carbocycles. The molecule has 4 N–H and O–H groups in total. The summed E-state index contributed by atoms with van der Waals surface area (Å²) in [5.74, 6) is -1.40. The van der Waals surface area contributed by atoms with Gasteiger partial charge < -0.3 is 25.7 Å². The summed E-state index contributed by atoms with van der Waals surface area (Å²) >= 11 is 0. The zero-order valence-electron chi connectivity index (χ0n) is 17.2. The van der Waals surface area contributed by atoms with E-state index in [4.69, 9.17) is 10.5 Å². The highest BCUT2D eigenvalue weighted by Crippen LogP contribution is 2.34. The molecule has 4 rings (SSSR count). The molecule has 2 heterocycles. The zero-order chi connectivity index (χ0) is 22.1. The Balaban J connectivity index is 1.71. The summed E-state index contributed by atoms with van der Waals surface area (Å²) in [5.41, 5.74) is 6.68. The quantitative estimate of drug-likeness (QED) is 0.529. The van der Waals surface area contributed by atoms with Gasteiger partial charge in [0, 0.05) is 48.2 Å². The third kappa shape index (κ3) is 4.33. The Kier molecular flexibility index (Phi) is 5.55. The monoisotopic (exact) mass is 426 g/mol. The summed E-state index contributed by atoms with van der Waals surface area (Å²) in [6.07, 6.45) is 4.66. The third-order valence-electron chi connectivity index (χ3n) is 4.97. The predicted molar refractivity (Wildman–Crippen MR) is 115 cm³/mol. The molecule has 9 nitrogen and oxygen atoms in total. The normalized spacial score (nSPS) is 14.3. The number of fused-ring (bicyclic) bond motifs is 1. The summed E-state index contributed by atoms with van der Waals surface area (Å²) in [4.78, 5) is 33.5. The zero-order valence-corrected chi connectivity index (χ0v) is 17.2. The number of carbonyl (C=O) groups is 1. The van der Waals surface area contributed by atoms with Crippen molar-refractivity contribution in [2.75, 3.05) is 24.3 Å². The average Bonchev–Trinajstić information content (AvgIpc) is 3.59. The molecule has 0 aliphatic heterocycles. The van der Waals surface area contributed by atoms with Crippen molar-refractivity contribution in [3.63, 3.8) is 0 Å². The van der Waals surface area contributed by atoms with Gasteiger partial charge in [0.15, 0.2) is 5.82 Å². The summed E-state index contributed by atoms with van der Waals surface area (Å²) in [5, 5.41) is 6.50. The van der Waals surface area contributed by atoms with Gasteiger partial charge in [0.1, 0.15) is 0 Å². The number of methoxy groups -OCH3 is 1. The first kappa shape index (κ1) is 20.7. The number of rotatable bonds is 7. The Morgan fingerprint density at radius 3 is 2.87 bits per heavy atom. The van der Waals surface area contributed by atoms with Gasteiger partial charge in [0.05, 0.1) is 23.9 Å². The molecule has 0 spiro atoms.